The molecule has 0 unspecified atom stereocenters. The third-order valence-corrected chi connectivity index (χ3v) is 6.68. The van der Waals surface area contributed by atoms with Crippen LogP contribution >= 0.6 is 11.6 Å². The number of ether oxygens (including phenoxy) is 2. The molecular weight excluding hydrogens is 529 g/mol. The highest BCUT2D eigenvalue weighted by molar-refractivity contribution is 6.30. The summed E-state index contributed by atoms with van der Waals surface area (Å²) in [5.74, 6) is -2.14. The van der Waals surface area contributed by atoms with Crippen molar-refractivity contribution in [2.24, 2.45) is 0 Å². The number of hydrogen-bond donors (Lipinski definition) is 2. The van der Waals surface area contributed by atoms with Gasteiger partial charge in [0.25, 0.3) is 5.91 Å². The van der Waals surface area contributed by atoms with Crippen LogP contribution in [-0.2, 0) is 4.74 Å². The molecule has 9 nitrogen and oxygen atoms in total. The van der Waals surface area contributed by atoms with Gasteiger partial charge in [-0.2, -0.15) is 0 Å². The second-order valence-electron chi connectivity index (χ2n) is 10.6. The van der Waals surface area contributed by atoms with Gasteiger partial charge < -0.3 is 24.8 Å². The van der Waals surface area contributed by atoms with Gasteiger partial charge in [-0.05, 0) is 70.0 Å². The summed E-state index contributed by atoms with van der Waals surface area (Å²) in [6.07, 6.45) is -1.12. The fourth-order valence-corrected chi connectivity index (χ4v) is 4.54. The van der Waals surface area contributed by atoms with E-state index >= 15 is 0 Å². The van der Waals surface area contributed by atoms with Crippen LogP contribution in [-0.4, -0.2) is 77.7 Å². The topological polar surface area (TPSA) is 108 Å². The Morgan fingerprint density at radius 2 is 1.87 bits per heavy atom. The van der Waals surface area contributed by atoms with E-state index in [9.17, 15) is 23.9 Å². The summed E-state index contributed by atoms with van der Waals surface area (Å²) in [5.41, 5.74) is 0.306. The SMILES string of the molecule is CNC(=O)c1cc(C(=O)O)c(C)cc1O[C@H](CN1CCN(C(=O)OC(C)(C)C)[C@H](C)C1)c1ccc(Cl)c(F)c1. The number of aryl methyl sites for hydroxylation is 1. The number of carbonyl (C=O) groups excluding carboxylic acids is 2. The second-order valence-corrected chi connectivity index (χ2v) is 11.0. The molecule has 2 N–H and O–H groups in total. The summed E-state index contributed by atoms with van der Waals surface area (Å²) in [6.45, 7) is 10.7. The van der Waals surface area contributed by atoms with Crippen molar-refractivity contribution in [1.82, 2.24) is 15.1 Å². The van der Waals surface area contributed by atoms with Crippen LogP contribution in [0.3, 0.4) is 0 Å². The Morgan fingerprint density at radius 3 is 2.44 bits per heavy atom. The van der Waals surface area contributed by atoms with Crippen LogP contribution in [0.25, 0.3) is 0 Å². The van der Waals surface area contributed by atoms with Gasteiger partial charge in [-0.3, -0.25) is 9.69 Å². The Kier molecular flexibility index (Phi) is 9.45. The quantitative estimate of drug-likeness (QED) is 0.493. The van der Waals surface area contributed by atoms with Crippen LogP contribution in [0.4, 0.5) is 9.18 Å². The predicted octanol–water partition coefficient (Wildman–Crippen LogP) is 4.91. The molecule has 0 saturated carbocycles. The van der Waals surface area contributed by atoms with E-state index in [1.807, 2.05) is 27.7 Å². The van der Waals surface area contributed by atoms with Crippen molar-refractivity contribution in [1.29, 1.82) is 0 Å². The van der Waals surface area contributed by atoms with Gasteiger partial charge in [0, 0.05) is 39.3 Å². The molecule has 0 aromatic heterocycles. The van der Waals surface area contributed by atoms with Gasteiger partial charge in [0.2, 0.25) is 0 Å². The molecule has 2 amide bonds. The maximum absolute atomic E-state index is 14.5. The fraction of sp³-hybridized carbons (Fsp3) is 0.464. The molecule has 2 atom stereocenters. The van der Waals surface area contributed by atoms with E-state index in [-0.39, 0.29) is 34.0 Å². The van der Waals surface area contributed by atoms with Crippen molar-refractivity contribution < 1.29 is 33.4 Å². The number of carbonyl (C=O) groups is 3. The fourth-order valence-electron chi connectivity index (χ4n) is 4.42. The standard InChI is InChI=1S/C28H35ClFN3O6/c1-16-11-23(20(25(34)31-6)13-19(16)26(35)36)38-24(18-7-8-21(29)22(30)12-18)15-32-9-10-33(17(2)14-32)27(37)39-28(3,4)5/h7-8,11-13,17,24H,9-10,14-15H2,1-6H3,(H,31,34)(H,35,36)/t17-,24-/m1/s1. The van der Waals surface area contributed by atoms with Crippen LogP contribution in [0.5, 0.6) is 5.75 Å². The smallest absolute Gasteiger partial charge is 0.410 e. The Hall–Kier alpha value is -3.37. The molecular formula is C28H35ClFN3O6. The van der Waals surface area contributed by atoms with Gasteiger partial charge in [0.1, 0.15) is 23.3 Å². The normalized spacial score (nSPS) is 16.9. The molecule has 2 aromatic carbocycles. The molecule has 0 spiro atoms. The van der Waals surface area contributed by atoms with Crippen molar-refractivity contribution in [3.8, 4) is 5.75 Å². The molecule has 11 heteroatoms. The zero-order valence-corrected chi connectivity index (χ0v) is 23.8. The third-order valence-electron chi connectivity index (χ3n) is 6.38. The number of carboxylic acids is 1. The highest BCUT2D eigenvalue weighted by Crippen LogP contribution is 2.31. The van der Waals surface area contributed by atoms with Gasteiger partial charge in [-0.25, -0.2) is 14.0 Å². The van der Waals surface area contributed by atoms with Crippen molar-refractivity contribution in [3.05, 3.63) is 63.4 Å². The lowest BCUT2D eigenvalue weighted by atomic mass is 10.0. The average Bonchev–Trinajstić information content (AvgIpc) is 2.83. The maximum atomic E-state index is 14.5. The number of hydrogen-bond acceptors (Lipinski definition) is 6. The molecule has 39 heavy (non-hydrogen) atoms. The Balaban J connectivity index is 1.91. The van der Waals surface area contributed by atoms with Crippen LogP contribution in [0.1, 0.15) is 65.6 Å². The lowest BCUT2D eigenvalue weighted by molar-refractivity contribution is -0.00301. The van der Waals surface area contributed by atoms with E-state index in [0.717, 1.165) is 0 Å². The molecule has 0 bridgehead atoms. The molecule has 2 aromatic rings. The number of carboxylic acid groups (broad SMARTS) is 1. The van der Waals surface area contributed by atoms with E-state index in [4.69, 9.17) is 21.1 Å². The summed E-state index contributed by atoms with van der Waals surface area (Å²) in [5, 5.41) is 12.0. The minimum atomic E-state index is -1.17. The highest BCUT2D eigenvalue weighted by atomic mass is 35.5. The maximum Gasteiger partial charge on any atom is 0.410 e. The summed E-state index contributed by atoms with van der Waals surface area (Å²) in [6, 6.07) is 6.97. The zero-order chi connectivity index (χ0) is 29.1. The minimum Gasteiger partial charge on any atom is -0.484 e. The highest BCUT2D eigenvalue weighted by Gasteiger charge is 2.33. The largest absolute Gasteiger partial charge is 0.484 e. The molecule has 1 heterocycles. The second kappa shape index (κ2) is 12.2. The first kappa shape index (κ1) is 30.2. The monoisotopic (exact) mass is 563 g/mol. The van der Waals surface area contributed by atoms with Gasteiger partial charge in [-0.15, -0.1) is 0 Å². The summed E-state index contributed by atoms with van der Waals surface area (Å²) < 4.78 is 26.3. The minimum absolute atomic E-state index is 0.0258. The van der Waals surface area contributed by atoms with E-state index < -0.39 is 29.4 Å². The molecule has 1 fully saturated rings. The molecule has 0 radical (unpaired) electrons. The Morgan fingerprint density at radius 1 is 1.18 bits per heavy atom. The number of benzene rings is 2. The van der Waals surface area contributed by atoms with Crippen LogP contribution in [0.2, 0.25) is 5.02 Å². The third kappa shape index (κ3) is 7.60. The number of nitrogens with one attached hydrogen (secondary N) is 1. The molecule has 1 aliphatic heterocycles. The summed E-state index contributed by atoms with van der Waals surface area (Å²) >= 11 is 5.92. The first-order valence-corrected chi connectivity index (χ1v) is 13.0. The molecule has 0 aliphatic carbocycles. The zero-order valence-electron chi connectivity index (χ0n) is 23.0. The van der Waals surface area contributed by atoms with Crippen molar-refractivity contribution in [2.45, 2.75) is 52.4 Å². The lowest BCUT2D eigenvalue weighted by Crippen LogP contribution is -2.55. The van der Waals surface area contributed by atoms with Gasteiger partial charge >= 0.3 is 12.1 Å². The number of rotatable bonds is 7. The van der Waals surface area contributed by atoms with Crippen LogP contribution in [0, 0.1) is 12.7 Å². The molecule has 212 valence electrons. The first-order valence-electron chi connectivity index (χ1n) is 12.6. The van der Waals surface area contributed by atoms with E-state index in [2.05, 4.69) is 10.2 Å². The number of amides is 2. The average molecular weight is 564 g/mol. The van der Waals surface area contributed by atoms with E-state index in [1.54, 1.807) is 17.9 Å². The number of nitrogens with zero attached hydrogens (tertiary/aromatic N) is 2. The Labute approximate surface area is 232 Å². The van der Waals surface area contributed by atoms with Gasteiger partial charge in [0.05, 0.1) is 16.1 Å². The van der Waals surface area contributed by atoms with Gasteiger partial charge in [0.15, 0.2) is 0 Å². The van der Waals surface area contributed by atoms with Crippen molar-refractivity contribution >= 4 is 29.6 Å². The van der Waals surface area contributed by atoms with Crippen molar-refractivity contribution in [2.75, 3.05) is 33.2 Å². The number of piperazine rings is 1. The van der Waals surface area contributed by atoms with Gasteiger partial charge in [-0.1, -0.05) is 17.7 Å². The molecule has 3 rings (SSSR count). The van der Waals surface area contributed by atoms with Crippen LogP contribution in [0.15, 0.2) is 30.3 Å². The number of aromatic carboxylic acids is 1. The van der Waals surface area contributed by atoms with E-state index in [1.165, 1.54) is 31.3 Å². The van der Waals surface area contributed by atoms with Crippen LogP contribution < -0.4 is 10.1 Å². The lowest BCUT2D eigenvalue weighted by Gasteiger charge is -2.41. The van der Waals surface area contributed by atoms with E-state index in [0.29, 0.717) is 37.3 Å². The molecule has 1 aliphatic rings. The molecule has 1 saturated heterocycles. The Bertz CT molecular complexity index is 1250. The number of halogens is 2. The predicted molar refractivity (Wildman–Crippen MR) is 145 cm³/mol. The summed E-state index contributed by atoms with van der Waals surface area (Å²) in [7, 11) is 1.43. The summed E-state index contributed by atoms with van der Waals surface area (Å²) in [4.78, 5) is 40.7. The van der Waals surface area contributed by atoms with Crippen molar-refractivity contribution in [3.63, 3.8) is 0 Å². The first-order chi connectivity index (χ1) is 18.2.